The fourth-order valence-corrected chi connectivity index (χ4v) is 1.97. The Balaban J connectivity index is 2.52. The molecular weight excluding hydrogens is 256 g/mol. The first kappa shape index (κ1) is 13.0. The molecule has 18 heavy (non-hydrogen) atoms. The number of aromatic nitrogens is 4. The maximum Gasteiger partial charge on any atom is 0.245 e. The van der Waals surface area contributed by atoms with Gasteiger partial charge < -0.3 is 14.0 Å². The lowest BCUT2D eigenvalue weighted by molar-refractivity contribution is 0.187. The summed E-state index contributed by atoms with van der Waals surface area (Å²) in [5, 5.41) is 0. The topological polar surface area (TPSA) is 62.1 Å². The van der Waals surface area contributed by atoms with Crippen LogP contribution in [0, 0.1) is 0 Å². The molecule has 98 valence electrons. The predicted molar refractivity (Wildman–Crippen MR) is 68.2 cm³/mol. The van der Waals surface area contributed by atoms with Crippen LogP contribution in [0.25, 0.3) is 11.2 Å². The molecule has 0 amide bonds. The van der Waals surface area contributed by atoms with Crippen LogP contribution in [0.3, 0.4) is 0 Å². The molecule has 0 saturated carbocycles. The molecule has 2 aromatic heterocycles. The van der Waals surface area contributed by atoms with Crippen LogP contribution >= 0.6 is 11.6 Å². The maximum absolute atomic E-state index is 5.79. The van der Waals surface area contributed by atoms with Gasteiger partial charge in [0.1, 0.15) is 12.2 Å². The van der Waals surface area contributed by atoms with Gasteiger partial charge in [0, 0.05) is 26.0 Å². The van der Waals surface area contributed by atoms with Gasteiger partial charge in [0.05, 0.1) is 13.7 Å². The quantitative estimate of drug-likeness (QED) is 0.740. The summed E-state index contributed by atoms with van der Waals surface area (Å²) in [5.74, 6) is 1.86. The summed E-state index contributed by atoms with van der Waals surface area (Å²) in [7, 11) is 3.23. The molecule has 0 aromatic carbocycles. The van der Waals surface area contributed by atoms with E-state index in [1.54, 1.807) is 14.2 Å². The van der Waals surface area contributed by atoms with Gasteiger partial charge in [-0.3, -0.25) is 0 Å². The molecule has 0 saturated heterocycles. The van der Waals surface area contributed by atoms with E-state index < -0.39 is 0 Å². The molecule has 0 radical (unpaired) electrons. The molecule has 0 aliphatic rings. The summed E-state index contributed by atoms with van der Waals surface area (Å²) < 4.78 is 12.3. The van der Waals surface area contributed by atoms with Crippen molar-refractivity contribution in [1.29, 1.82) is 0 Å². The molecule has 0 unspecified atom stereocenters. The zero-order valence-electron chi connectivity index (χ0n) is 10.4. The summed E-state index contributed by atoms with van der Waals surface area (Å²) in [5.41, 5.74) is 1.41. The summed E-state index contributed by atoms with van der Waals surface area (Å²) >= 11 is 5.79. The summed E-state index contributed by atoms with van der Waals surface area (Å²) in [4.78, 5) is 12.8. The van der Waals surface area contributed by atoms with Crippen molar-refractivity contribution >= 4 is 22.8 Å². The van der Waals surface area contributed by atoms with Crippen LogP contribution in [-0.4, -0.2) is 46.2 Å². The standard InChI is InChI=1S/C11H15ClN4O2/c1-17-6-5-16-8(3-4-12)15-9-10(16)13-7-14-11(9)18-2/h7H,3-6H2,1-2H3. The Morgan fingerprint density at radius 2 is 2.17 bits per heavy atom. The van der Waals surface area contributed by atoms with Gasteiger partial charge in [-0.1, -0.05) is 0 Å². The molecule has 2 rings (SSSR count). The Labute approximate surface area is 110 Å². The van der Waals surface area contributed by atoms with Crippen LogP contribution in [0.4, 0.5) is 0 Å². The van der Waals surface area contributed by atoms with E-state index in [1.807, 2.05) is 4.57 Å². The normalized spacial score (nSPS) is 11.1. The Morgan fingerprint density at radius 3 is 2.83 bits per heavy atom. The minimum absolute atomic E-state index is 0.479. The Morgan fingerprint density at radius 1 is 1.33 bits per heavy atom. The smallest absolute Gasteiger partial charge is 0.245 e. The van der Waals surface area contributed by atoms with Gasteiger partial charge in [-0.25, -0.2) is 9.97 Å². The molecule has 0 bridgehead atoms. The second-order valence-corrected chi connectivity index (χ2v) is 4.04. The molecule has 6 nitrogen and oxygen atoms in total. The van der Waals surface area contributed by atoms with Crippen molar-refractivity contribution in [3.63, 3.8) is 0 Å². The zero-order valence-corrected chi connectivity index (χ0v) is 11.1. The molecular formula is C11H15ClN4O2. The summed E-state index contributed by atoms with van der Waals surface area (Å²) in [6.07, 6.45) is 2.14. The number of hydrogen-bond acceptors (Lipinski definition) is 5. The number of ether oxygens (including phenoxy) is 2. The fraction of sp³-hybridized carbons (Fsp3) is 0.545. The lowest BCUT2D eigenvalue weighted by atomic mass is 10.4. The van der Waals surface area contributed by atoms with E-state index in [0.29, 0.717) is 36.8 Å². The number of methoxy groups -OCH3 is 2. The number of rotatable bonds is 6. The van der Waals surface area contributed by atoms with Crippen LogP contribution in [0.1, 0.15) is 5.82 Å². The number of alkyl halides is 1. The molecule has 0 aliphatic heterocycles. The van der Waals surface area contributed by atoms with Crippen molar-refractivity contribution in [2.45, 2.75) is 13.0 Å². The molecule has 2 heterocycles. The van der Waals surface area contributed by atoms with Gasteiger partial charge in [-0.05, 0) is 0 Å². The number of halogens is 1. The van der Waals surface area contributed by atoms with E-state index in [4.69, 9.17) is 21.1 Å². The molecule has 0 spiro atoms. The van der Waals surface area contributed by atoms with Crippen molar-refractivity contribution in [2.24, 2.45) is 0 Å². The summed E-state index contributed by atoms with van der Waals surface area (Å²) in [6.45, 7) is 1.27. The van der Waals surface area contributed by atoms with Crippen molar-refractivity contribution < 1.29 is 9.47 Å². The Hall–Kier alpha value is -1.40. The van der Waals surface area contributed by atoms with Gasteiger partial charge in [0.25, 0.3) is 0 Å². The van der Waals surface area contributed by atoms with E-state index >= 15 is 0 Å². The van der Waals surface area contributed by atoms with Crippen LogP contribution in [-0.2, 0) is 17.7 Å². The SMILES string of the molecule is COCCn1c(CCCl)nc2c(OC)ncnc21. The van der Waals surface area contributed by atoms with Crippen LogP contribution in [0.15, 0.2) is 6.33 Å². The monoisotopic (exact) mass is 270 g/mol. The second-order valence-electron chi connectivity index (χ2n) is 3.67. The minimum atomic E-state index is 0.479. The number of fused-ring (bicyclic) bond motifs is 1. The lowest BCUT2D eigenvalue weighted by Gasteiger charge is -2.06. The third kappa shape index (κ3) is 2.39. The first-order valence-corrected chi connectivity index (χ1v) is 6.14. The largest absolute Gasteiger partial charge is 0.479 e. The number of aryl methyl sites for hydroxylation is 1. The van der Waals surface area contributed by atoms with Gasteiger partial charge in [-0.2, -0.15) is 4.98 Å². The maximum atomic E-state index is 5.79. The van der Waals surface area contributed by atoms with Gasteiger partial charge in [-0.15, -0.1) is 11.6 Å². The van der Waals surface area contributed by atoms with E-state index in [-0.39, 0.29) is 0 Å². The zero-order chi connectivity index (χ0) is 13.0. The van der Waals surface area contributed by atoms with Gasteiger partial charge >= 0.3 is 0 Å². The van der Waals surface area contributed by atoms with Crippen LogP contribution in [0.2, 0.25) is 0 Å². The molecule has 7 heteroatoms. The molecule has 0 fully saturated rings. The van der Waals surface area contributed by atoms with Crippen molar-refractivity contribution in [3.05, 3.63) is 12.2 Å². The average molecular weight is 271 g/mol. The molecule has 0 atom stereocenters. The van der Waals surface area contributed by atoms with E-state index in [0.717, 1.165) is 11.5 Å². The van der Waals surface area contributed by atoms with Crippen LogP contribution < -0.4 is 4.74 Å². The first-order valence-electron chi connectivity index (χ1n) is 5.60. The molecule has 2 aromatic rings. The van der Waals surface area contributed by atoms with Gasteiger partial charge in [0.2, 0.25) is 5.88 Å². The number of hydrogen-bond donors (Lipinski definition) is 0. The van der Waals surface area contributed by atoms with Crippen molar-refractivity contribution in [3.8, 4) is 5.88 Å². The second kappa shape index (κ2) is 5.97. The number of nitrogens with zero attached hydrogens (tertiary/aromatic N) is 4. The van der Waals surface area contributed by atoms with Gasteiger partial charge in [0.15, 0.2) is 11.2 Å². The summed E-state index contributed by atoms with van der Waals surface area (Å²) in [6, 6.07) is 0. The van der Waals surface area contributed by atoms with Crippen LogP contribution in [0.5, 0.6) is 5.88 Å². The Kier molecular flexibility index (Phi) is 4.33. The average Bonchev–Trinajstić information content (AvgIpc) is 2.74. The van der Waals surface area contributed by atoms with E-state index in [2.05, 4.69) is 15.0 Å². The lowest BCUT2D eigenvalue weighted by Crippen LogP contribution is -2.09. The minimum Gasteiger partial charge on any atom is -0.479 e. The fourth-order valence-electron chi connectivity index (χ4n) is 1.80. The highest BCUT2D eigenvalue weighted by molar-refractivity contribution is 6.17. The third-order valence-corrected chi connectivity index (χ3v) is 2.80. The van der Waals surface area contributed by atoms with E-state index in [9.17, 15) is 0 Å². The molecule has 0 aliphatic carbocycles. The number of imidazole rings is 1. The van der Waals surface area contributed by atoms with Crippen molar-refractivity contribution in [2.75, 3.05) is 26.7 Å². The van der Waals surface area contributed by atoms with E-state index in [1.165, 1.54) is 6.33 Å². The molecule has 0 N–H and O–H groups in total. The Bertz CT molecular complexity index is 529. The highest BCUT2D eigenvalue weighted by Crippen LogP contribution is 2.21. The highest BCUT2D eigenvalue weighted by atomic mass is 35.5. The highest BCUT2D eigenvalue weighted by Gasteiger charge is 2.15. The van der Waals surface area contributed by atoms with Crippen molar-refractivity contribution in [1.82, 2.24) is 19.5 Å². The third-order valence-electron chi connectivity index (χ3n) is 2.61. The first-order chi connectivity index (χ1) is 8.81. The predicted octanol–water partition coefficient (Wildman–Crippen LogP) is 1.26.